The Labute approximate surface area is 219 Å². The first kappa shape index (κ1) is 25.3. The number of aromatic nitrogens is 3. The van der Waals surface area contributed by atoms with Crippen molar-refractivity contribution >= 4 is 10.0 Å². The summed E-state index contributed by atoms with van der Waals surface area (Å²) in [6.45, 7) is 8.74. The van der Waals surface area contributed by atoms with E-state index in [9.17, 15) is 8.42 Å². The van der Waals surface area contributed by atoms with Crippen molar-refractivity contribution in [3.05, 3.63) is 78.2 Å². The Morgan fingerprint density at radius 2 is 1.51 bits per heavy atom. The van der Waals surface area contributed by atoms with E-state index >= 15 is 0 Å². The average Bonchev–Trinajstić information content (AvgIpc) is 3.35. The summed E-state index contributed by atoms with van der Waals surface area (Å²) in [4.78, 5) is 15.6. The number of nitrogens with zero attached hydrogens (tertiary/aromatic N) is 4. The molecule has 0 aliphatic carbocycles. The fraction of sp³-hybridized carbons (Fsp3) is 0.310. The Kier molecular flexibility index (Phi) is 6.98. The second-order valence-corrected chi connectivity index (χ2v) is 11.9. The molecular weight excluding hydrogens is 482 g/mol. The van der Waals surface area contributed by atoms with Crippen LogP contribution in [0.5, 0.6) is 0 Å². The van der Waals surface area contributed by atoms with Gasteiger partial charge in [0, 0.05) is 43.4 Å². The number of hydrogen-bond donors (Lipinski definition) is 1. The van der Waals surface area contributed by atoms with Gasteiger partial charge in [0.15, 0.2) is 0 Å². The maximum Gasteiger partial charge on any atom is 0.243 e. The van der Waals surface area contributed by atoms with Gasteiger partial charge in [-0.2, -0.15) is 4.31 Å². The summed E-state index contributed by atoms with van der Waals surface area (Å²) in [5.74, 6) is 1.16. The number of nitrogens with one attached hydrogen (secondary N) is 1. The number of likely N-dealkylation sites (N-methyl/N-ethyl adjacent to an activating group) is 1. The molecule has 7 nitrogen and oxygen atoms in total. The molecule has 1 aliphatic rings. The van der Waals surface area contributed by atoms with Crippen molar-refractivity contribution in [2.24, 2.45) is 0 Å². The Bertz CT molecular complexity index is 1500. The van der Waals surface area contributed by atoms with Crippen LogP contribution in [0.4, 0.5) is 0 Å². The molecule has 2 aromatic heterocycles. The third kappa shape index (κ3) is 5.23. The lowest BCUT2D eigenvalue weighted by atomic mass is 10.0. The second-order valence-electron chi connectivity index (χ2n) is 9.98. The van der Waals surface area contributed by atoms with Crippen LogP contribution >= 0.6 is 0 Å². The van der Waals surface area contributed by atoms with Crippen LogP contribution in [-0.4, -0.2) is 65.8 Å². The number of H-pyrrole nitrogens is 1. The van der Waals surface area contributed by atoms with E-state index in [0.717, 1.165) is 58.4 Å². The van der Waals surface area contributed by atoms with Crippen LogP contribution < -0.4 is 0 Å². The highest BCUT2D eigenvalue weighted by Crippen LogP contribution is 2.33. The number of sulfonamides is 1. The highest BCUT2D eigenvalue weighted by atomic mass is 32.2. The first-order valence-corrected chi connectivity index (χ1v) is 14.1. The monoisotopic (exact) mass is 515 g/mol. The van der Waals surface area contributed by atoms with Crippen LogP contribution in [0.15, 0.2) is 71.6 Å². The minimum absolute atomic E-state index is 0.246. The van der Waals surface area contributed by atoms with Crippen molar-refractivity contribution in [1.29, 1.82) is 0 Å². The van der Waals surface area contributed by atoms with Crippen LogP contribution in [0.3, 0.4) is 0 Å². The van der Waals surface area contributed by atoms with E-state index in [-0.39, 0.29) is 5.92 Å². The molecule has 2 aromatic carbocycles. The van der Waals surface area contributed by atoms with Gasteiger partial charge in [-0.05, 0) is 55.4 Å². The van der Waals surface area contributed by atoms with E-state index in [1.165, 1.54) is 0 Å². The molecule has 37 heavy (non-hydrogen) atoms. The van der Waals surface area contributed by atoms with Gasteiger partial charge in [0.2, 0.25) is 10.0 Å². The normalized spacial score (nSPS) is 15.4. The highest BCUT2D eigenvalue weighted by Gasteiger charge is 2.27. The SMILES string of the molecule is Cc1cccc(-c2[nH]c(C(C)C)nc2-c2cccc(-c3ccc(S(=O)(=O)N4CCN(C)CC4)cc3)c2)n1. The largest absolute Gasteiger partial charge is 0.340 e. The van der Waals surface area contributed by atoms with Gasteiger partial charge in [0.1, 0.15) is 5.82 Å². The third-order valence-electron chi connectivity index (χ3n) is 6.84. The number of piperazine rings is 1. The Morgan fingerprint density at radius 3 is 2.19 bits per heavy atom. The van der Waals surface area contributed by atoms with Crippen LogP contribution in [0, 0.1) is 6.92 Å². The van der Waals surface area contributed by atoms with E-state index in [2.05, 4.69) is 35.9 Å². The Hall–Kier alpha value is -3.33. The van der Waals surface area contributed by atoms with Crippen molar-refractivity contribution in [1.82, 2.24) is 24.2 Å². The fourth-order valence-electron chi connectivity index (χ4n) is 4.58. The maximum absolute atomic E-state index is 13.1. The number of aromatic amines is 1. The predicted molar refractivity (Wildman–Crippen MR) is 148 cm³/mol. The molecule has 1 N–H and O–H groups in total. The van der Waals surface area contributed by atoms with Gasteiger partial charge < -0.3 is 9.88 Å². The van der Waals surface area contributed by atoms with Gasteiger partial charge in [0.25, 0.3) is 0 Å². The summed E-state index contributed by atoms with van der Waals surface area (Å²) < 4.78 is 27.8. The van der Waals surface area contributed by atoms with Gasteiger partial charge in [-0.25, -0.2) is 13.4 Å². The zero-order valence-corrected chi connectivity index (χ0v) is 22.6. The molecule has 1 aliphatic heterocycles. The van der Waals surface area contributed by atoms with Gasteiger partial charge >= 0.3 is 0 Å². The van der Waals surface area contributed by atoms with Gasteiger partial charge in [-0.15, -0.1) is 0 Å². The highest BCUT2D eigenvalue weighted by molar-refractivity contribution is 7.89. The molecular formula is C29H33N5O2S. The third-order valence-corrected chi connectivity index (χ3v) is 8.75. The Morgan fingerprint density at radius 1 is 0.838 bits per heavy atom. The number of rotatable bonds is 6. The van der Waals surface area contributed by atoms with E-state index in [1.54, 1.807) is 16.4 Å². The molecule has 3 heterocycles. The lowest BCUT2D eigenvalue weighted by Crippen LogP contribution is -2.46. The molecule has 1 fully saturated rings. The van der Waals surface area contributed by atoms with Gasteiger partial charge in [-0.3, -0.25) is 4.98 Å². The van der Waals surface area contributed by atoms with Crippen molar-refractivity contribution in [3.63, 3.8) is 0 Å². The minimum atomic E-state index is -3.50. The van der Waals surface area contributed by atoms with Crippen molar-refractivity contribution in [2.75, 3.05) is 33.2 Å². The average molecular weight is 516 g/mol. The molecule has 0 bridgehead atoms. The molecule has 5 rings (SSSR count). The predicted octanol–water partition coefficient (Wildman–Crippen LogP) is 5.17. The van der Waals surface area contributed by atoms with E-state index in [1.807, 2.05) is 56.4 Å². The second kappa shape index (κ2) is 10.2. The van der Waals surface area contributed by atoms with Crippen LogP contribution in [0.2, 0.25) is 0 Å². The summed E-state index contributed by atoms with van der Waals surface area (Å²) >= 11 is 0. The summed E-state index contributed by atoms with van der Waals surface area (Å²) in [5, 5.41) is 0. The summed E-state index contributed by atoms with van der Waals surface area (Å²) in [6, 6.07) is 21.4. The molecule has 0 saturated carbocycles. The number of aryl methyl sites for hydroxylation is 1. The zero-order chi connectivity index (χ0) is 26.2. The van der Waals surface area contributed by atoms with Crippen molar-refractivity contribution < 1.29 is 8.42 Å². The molecule has 8 heteroatoms. The van der Waals surface area contributed by atoms with E-state index in [4.69, 9.17) is 9.97 Å². The van der Waals surface area contributed by atoms with Crippen LogP contribution in [0.1, 0.15) is 31.3 Å². The number of benzene rings is 2. The smallest absolute Gasteiger partial charge is 0.243 e. The van der Waals surface area contributed by atoms with Crippen LogP contribution in [0.25, 0.3) is 33.8 Å². The molecule has 1 saturated heterocycles. The first-order chi connectivity index (χ1) is 17.7. The van der Waals surface area contributed by atoms with Crippen molar-refractivity contribution in [2.45, 2.75) is 31.6 Å². The molecule has 0 unspecified atom stereocenters. The molecule has 0 radical (unpaired) electrons. The lowest BCUT2D eigenvalue weighted by molar-refractivity contribution is 0.222. The van der Waals surface area contributed by atoms with Crippen molar-refractivity contribution in [3.8, 4) is 33.8 Å². The van der Waals surface area contributed by atoms with Gasteiger partial charge in [-0.1, -0.05) is 50.2 Å². The standard InChI is InChI=1S/C29H33N5O2S/c1-20(2)29-31-27(28(32-29)26-10-5-7-21(3)30-26)24-9-6-8-23(19-24)22-11-13-25(14-12-22)37(35,36)34-17-15-33(4)16-18-34/h5-14,19-20H,15-18H2,1-4H3,(H,31,32). The summed E-state index contributed by atoms with van der Waals surface area (Å²) in [5.41, 5.74) is 6.50. The summed E-state index contributed by atoms with van der Waals surface area (Å²) in [6.07, 6.45) is 0. The maximum atomic E-state index is 13.1. The van der Waals surface area contributed by atoms with Gasteiger partial charge in [0.05, 0.1) is 22.0 Å². The fourth-order valence-corrected chi connectivity index (χ4v) is 6.01. The first-order valence-electron chi connectivity index (χ1n) is 12.7. The Balaban J connectivity index is 1.47. The molecule has 0 atom stereocenters. The molecule has 0 amide bonds. The van der Waals surface area contributed by atoms with E-state index in [0.29, 0.717) is 18.0 Å². The topological polar surface area (TPSA) is 82.2 Å². The lowest BCUT2D eigenvalue weighted by Gasteiger charge is -2.31. The number of imidazole rings is 1. The molecule has 4 aromatic rings. The van der Waals surface area contributed by atoms with Crippen LogP contribution in [-0.2, 0) is 10.0 Å². The molecule has 0 spiro atoms. The number of pyridine rings is 1. The minimum Gasteiger partial charge on any atom is -0.340 e. The quantitative estimate of drug-likeness (QED) is 0.383. The molecule has 192 valence electrons. The zero-order valence-electron chi connectivity index (χ0n) is 21.8. The number of hydrogen-bond acceptors (Lipinski definition) is 5. The van der Waals surface area contributed by atoms with E-state index < -0.39 is 10.0 Å². The summed E-state index contributed by atoms with van der Waals surface area (Å²) in [7, 11) is -1.48.